The summed E-state index contributed by atoms with van der Waals surface area (Å²) < 4.78 is -1.50. The lowest BCUT2D eigenvalue weighted by Crippen LogP contribution is -2.25. The van der Waals surface area contributed by atoms with Gasteiger partial charge in [-0.25, -0.2) is 0 Å². The fourth-order valence-electron chi connectivity index (χ4n) is 3.78. The Bertz CT molecular complexity index is 1150. The van der Waals surface area contributed by atoms with E-state index in [0.717, 1.165) is 33.7 Å². The molecular weight excluding hydrogens is 585 g/mol. The average molecular weight is 603 g/mol. The number of aliphatic imine (C=N–C) groups is 2. The molecule has 2 aromatic rings. The summed E-state index contributed by atoms with van der Waals surface area (Å²) in [6.45, 7) is 0. The van der Waals surface area contributed by atoms with Gasteiger partial charge >= 0.3 is 0 Å². The molecule has 0 saturated heterocycles. The van der Waals surface area contributed by atoms with Crippen LogP contribution in [0.5, 0.6) is 0 Å². The molecule has 0 atom stereocenters. The van der Waals surface area contributed by atoms with Gasteiger partial charge in [-0.3, -0.25) is 0 Å². The standard InChI is InChI=1S/C22H16N6.2CHCl3/c1-27-19(15-9-5-3-6-10-15)17-18(21(27)25-13-23)20(16-11-7-4-8-12-16)28(2)22(17)26-14-24;2*2-1(3)4/h3-12H,1-2H3;2*1H. The molecule has 0 radical (unpaired) electrons. The van der Waals surface area contributed by atoms with Crippen LogP contribution < -0.4 is 0 Å². The monoisotopic (exact) mass is 600 g/mol. The van der Waals surface area contributed by atoms with Crippen LogP contribution in [0.3, 0.4) is 0 Å². The Morgan fingerprint density at radius 1 is 0.611 bits per heavy atom. The minimum absolute atomic E-state index is 0.546. The minimum atomic E-state index is -0.750. The van der Waals surface area contributed by atoms with Gasteiger partial charge in [0.25, 0.3) is 0 Å². The van der Waals surface area contributed by atoms with Crippen molar-refractivity contribution in [3.63, 3.8) is 0 Å². The molecule has 0 N–H and O–H groups in total. The average Bonchev–Trinajstić information content (AvgIpc) is 3.25. The predicted octanol–water partition coefficient (Wildman–Crippen LogP) is 7.43. The van der Waals surface area contributed by atoms with Crippen molar-refractivity contribution in [2.75, 3.05) is 14.1 Å². The topological polar surface area (TPSA) is 78.8 Å². The SMILES string of the molecule is CN1C(=NC#N)C2=C(c3ccccc3)N(C)C(=NC#N)C2=C1c1ccccc1.ClC(Cl)Cl.ClC(Cl)Cl. The molecule has 0 saturated carbocycles. The molecule has 6 nitrogen and oxygen atoms in total. The molecule has 36 heavy (non-hydrogen) atoms. The molecule has 0 fully saturated rings. The van der Waals surface area contributed by atoms with Crippen molar-refractivity contribution in [1.82, 2.24) is 9.80 Å². The molecular formula is C24H18Cl6N6. The number of alkyl halides is 6. The fourth-order valence-corrected chi connectivity index (χ4v) is 3.78. The van der Waals surface area contributed by atoms with Crippen LogP contribution in [0.1, 0.15) is 11.1 Å². The number of nitriles is 2. The smallest absolute Gasteiger partial charge is 0.207 e. The van der Waals surface area contributed by atoms with Gasteiger partial charge in [-0.2, -0.15) is 20.5 Å². The second kappa shape index (κ2) is 14.4. The second-order valence-electron chi connectivity index (χ2n) is 6.86. The van der Waals surface area contributed by atoms with Crippen molar-refractivity contribution < 1.29 is 0 Å². The van der Waals surface area contributed by atoms with Crippen molar-refractivity contribution in [1.29, 1.82) is 10.5 Å². The van der Waals surface area contributed by atoms with Crippen molar-refractivity contribution in [2.24, 2.45) is 9.98 Å². The quantitative estimate of drug-likeness (QED) is 0.264. The number of rotatable bonds is 2. The summed E-state index contributed by atoms with van der Waals surface area (Å²) in [5.74, 6) is 1.09. The number of fused-ring (bicyclic) bond motifs is 1. The maximum Gasteiger partial charge on any atom is 0.207 e. The first kappa shape index (κ1) is 29.8. The Morgan fingerprint density at radius 3 is 1.14 bits per heavy atom. The van der Waals surface area contributed by atoms with Crippen LogP contribution in [0, 0.1) is 22.9 Å². The van der Waals surface area contributed by atoms with Gasteiger partial charge in [-0.15, -0.1) is 0 Å². The van der Waals surface area contributed by atoms with Crippen molar-refractivity contribution in [3.05, 3.63) is 82.9 Å². The summed E-state index contributed by atoms with van der Waals surface area (Å²) in [6.07, 6.45) is 3.84. The Balaban J connectivity index is 0.000000501. The molecule has 0 amide bonds. The normalized spacial score (nSPS) is 16.6. The van der Waals surface area contributed by atoms with E-state index in [9.17, 15) is 10.5 Å². The van der Waals surface area contributed by atoms with Crippen LogP contribution in [0.15, 0.2) is 81.8 Å². The molecule has 186 valence electrons. The number of hydrogen-bond donors (Lipinski definition) is 0. The number of hydrogen-bond acceptors (Lipinski definition) is 4. The summed E-state index contributed by atoms with van der Waals surface area (Å²) in [6, 6.07) is 19.7. The number of nitrogens with zero attached hydrogens (tertiary/aromatic N) is 6. The van der Waals surface area contributed by atoms with E-state index in [-0.39, 0.29) is 0 Å². The van der Waals surface area contributed by atoms with E-state index < -0.39 is 8.59 Å². The maximum atomic E-state index is 9.31. The highest BCUT2D eigenvalue weighted by atomic mass is 35.6. The van der Waals surface area contributed by atoms with Gasteiger partial charge in [-0.1, -0.05) is 130 Å². The van der Waals surface area contributed by atoms with Gasteiger partial charge in [0.15, 0.2) is 20.3 Å². The highest BCUT2D eigenvalue weighted by Crippen LogP contribution is 2.46. The summed E-state index contributed by atoms with van der Waals surface area (Å²) in [4.78, 5) is 12.0. The largest absolute Gasteiger partial charge is 0.327 e. The van der Waals surface area contributed by atoms with E-state index in [4.69, 9.17) is 69.6 Å². The third-order valence-corrected chi connectivity index (χ3v) is 4.88. The Hall–Kier alpha value is -2.42. The zero-order chi connectivity index (χ0) is 26.8. The number of halogens is 6. The number of likely N-dealkylation sites (N-methyl/N-ethyl adjacent to an activating group) is 2. The van der Waals surface area contributed by atoms with E-state index >= 15 is 0 Å². The van der Waals surface area contributed by atoms with Crippen molar-refractivity contribution >= 4 is 92.7 Å². The highest BCUT2D eigenvalue weighted by molar-refractivity contribution is 6.63. The molecule has 0 aliphatic carbocycles. The molecule has 0 spiro atoms. The summed E-state index contributed by atoms with van der Waals surface area (Å²) in [5, 5.41) is 18.6. The van der Waals surface area contributed by atoms with Gasteiger partial charge in [0.2, 0.25) is 12.4 Å². The Labute approximate surface area is 239 Å². The van der Waals surface area contributed by atoms with Crippen LogP contribution in [0.2, 0.25) is 0 Å². The van der Waals surface area contributed by atoms with E-state index in [1.807, 2.05) is 96.9 Å². The highest BCUT2D eigenvalue weighted by Gasteiger charge is 2.44. The zero-order valence-corrected chi connectivity index (χ0v) is 23.4. The van der Waals surface area contributed by atoms with Gasteiger partial charge in [-0.05, 0) is 11.1 Å². The molecule has 0 bridgehead atoms. The third kappa shape index (κ3) is 7.31. The molecule has 0 aromatic heterocycles. The molecule has 4 rings (SSSR count). The van der Waals surface area contributed by atoms with Crippen LogP contribution in [-0.4, -0.2) is 44.2 Å². The summed E-state index contributed by atoms with van der Waals surface area (Å²) in [7, 11) is 3.76. The first-order chi connectivity index (χ1) is 17.1. The molecule has 2 heterocycles. The maximum absolute atomic E-state index is 9.31. The van der Waals surface area contributed by atoms with E-state index in [2.05, 4.69) is 9.98 Å². The summed E-state index contributed by atoms with van der Waals surface area (Å²) >= 11 is 28.8. The van der Waals surface area contributed by atoms with Crippen molar-refractivity contribution in [2.45, 2.75) is 8.59 Å². The van der Waals surface area contributed by atoms with Gasteiger partial charge in [0, 0.05) is 14.1 Å². The van der Waals surface area contributed by atoms with E-state index in [0.29, 0.717) is 11.7 Å². The Kier molecular flexibility index (Phi) is 11.9. The van der Waals surface area contributed by atoms with Crippen LogP contribution in [0.25, 0.3) is 11.4 Å². The van der Waals surface area contributed by atoms with E-state index in [1.165, 1.54) is 0 Å². The van der Waals surface area contributed by atoms with E-state index in [1.54, 1.807) is 0 Å². The van der Waals surface area contributed by atoms with Crippen molar-refractivity contribution in [3.8, 4) is 12.4 Å². The molecule has 0 unspecified atom stereocenters. The molecule has 12 heteroatoms. The van der Waals surface area contributed by atoms with Crippen LogP contribution in [0.4, 0.5) is 0 Å². The third-order valence-electron chi connectivity index (χ3n) is 4.88. The fraction of sp³-hybridized carbons (Fsp3) is 0.167. The first-order valence-electron chi connectivity index (χ1n) is 10.0. The van der Waals surface area contributed by atoms with Crippen LogP contribution >= 0.6 is 69.6 Å². The first-order valence-corrected chi connectivity index (χ1v) is 12.6. The summed E-state index contributed by atoms with van der Waals surface area (Å²) in [5.41, 5.74) is 5.30. The lowest BCUT2D eigenvalue weighted by atomic mass is 10.0. The molecule has 2 aliphatic heterocycles. The molecule has 2 aromatic carbocycles. The molecule has 2 aliphatic rings. The van der Waals surface area contributed by atoms with Gasteiger partial charge in [0.05, 0.1) is 22.5 Å². The number of amidine groups is 2. The lowest BCUT2D eigenvalue weighted by molar-refractivity contribution is 0.711. The number of benzene rings is 2. The minimum Gasteiger partial charge on any atom is -0.327 e. The van der Waals surface area contributed by atoms with Gasteiger partial charge < -0.3 is 9.80 Å². The predicted molar refractivity (Wildman–Crippen MR) is 151 cm³/mol. The second-order valence-corrected chi connectivity index (χ2v) is 10.8. The lowest BCUT2D eigenvalue weighted by Gasteiger charge is -2.22. The zero-order valence-electron chi connectivity index (χ0n) is 18.9. The van der Waals surface area contributed by atoms with Crippen LogP contribution in [-0.2, 0) is 0 Å². The Morgan fingerprint density at radius 2 is 0.889 bits per heavy atom. The van der Waals surface area contributed by atoms with Gasteiger partial charge in [0.1, 0.15) is 0 Å².